The molecule has 2 heterocycles. The normalized spacial score (nSPS) is 13.1. The third-order valence-electron chi connectivity index (χ3n) is 2.78. The first-order valence-corrected chi connectivity index (χ1v) is 5.34. The van der Waals surface area contributed by atoms with Gasteiger partial charge in [-0.05, 0) is 25.1 Å². The number of benzene rings is 1. The third kappa shape index (κ3) is 1.64. The van der Waals surface area contributed by atoms with Crippen molar-refractivity contribution in [3.63, 3.8) is 0 Å². The highest BCUT2D eigenvalue weighted by molar-refractivity contribution is 5.62. The molecule has 17 heavy (non-hydrogen) atoms. The molecule has 1 aromatic heterocycles. The van der Waals surface area contributed by atoms with E-state index >= 15 is 0 Å². The second kappa shape index (κ2) is 3.78. The number of hydrogen-bond donors (Lipinski definition) is 2. The summed E-state index contributed by atoms with van der Waals surface area (Å²) in [4.78, 5) is 7.46. The van der Waals surface area contributed by atoms with Gasteiger partial charge in [0, 0.05) is 11.3 Å². The van der Waals surface area contributed by atoms with Gasteiger partial charge in [0.25, 0.3) is 0 Å². The van der Waals surface area contributed by atoms with E-state index in [4.69, 9.17) is 14.6 Å². The first kappa shape index (κ1) is 10.2. The van der Waals surface area contributed by atoms with Crippen LogP contribution in [0.1, 0.15) is 11.4 Å². The van der Waals surface area contributed by atoms with Crippen molar-refractivity contribution in [2.24, 2.45) is 0 Å². The van der Waals surface area contributed by atoms with Gasteiger partial charge in [0.1, 0.15) is 5.82 Å². The standard InChI is InChI=1S/C12H12N2O3/c1-7-9(5-15)14-12(13-7)8-2-3-10-11(4-8)17-6-16-10/h2-4,15H,5-6H2,1H3,(H,13,14). The molecule has 0 unspecified atom stereocenters. The molecule has 1 aromatic carbocycles. The van der Waals surface area contributed by atoms with Crippen molar-refractivity contribution in [2.45, 2.75) is 13.5 Å². The number of aliphatic hydroxyl groups excluding tert-OH is 1. The second-order valence-corrected chi connectivity index (χ2v) is 3.88. The minimum absolute atomic E-state index is 0.0626. The number of H-pyrrole nitrogens is 1. The highest BCUT2D eigenvalue weighted by Crippen LogP contribution is 2.35. The monoisotopic (exact) mass is 232 g/mol. The molecule has 1 aliphatic heterocycles. The third-order valence-corrected chi connectivity index (χ3v) is 2.78. The van der Waals surface area contributed by atoms with E-state index in [9.17, 15) is 0 Å². The lowest BCUT2D eigenvalue weighted by atomic mass is 10.2. The van der Waals surface area contributed by atoms with Crippen LogP contribution in [0.15, 0.2) is 18.2 Å². The Morgan fingerprint density at radius 1 is 1.35 bits per heavy atom. The fourth-order valence-corrected chi connectivity index (χ4v) is 1.83. The number of rotatable bonds is 2. The van der Waals surface area contributed by atoms with Crippen molar-refractivity contribution in [2.75, 3.05) is 6.79 Å². The number of fused-ring (bicyclic) bond motifs is 1. The van der Waals surface area contributed by atoms with E-state index in [0.29, 0.717) is 5.69 Å². The van der Waals surface area contributed by atoms with E-state index in [2.05, 4.69) is 9.97 Å². The fraction of sp³-hybridized carbons (Fsp3) is 0.250. The molecule has 0 amide bonds. The van der Waals surface area contributed by atoms with Gasteiger partial charge in [-0.15, -0.1) is 0 Å². The Morgan fingerprint density at radius 2 is 2.18 bits per heavy atom. The summed E-state index contributed by atoms with van der Waals surface area (Å²) in [6.45, 7) is 2.08. The number of nitrogens with zero attached hydrogens (tertiary/aromatic N) is 1. The van der Waals surface area contributed by atoms with Crippen molar-refractivity contribution in [1.82, 2.24) is 9.97 Å². The zero-order valence-electron chi connectivity index (χ0n) is 9.36. The number of imidazole rings is 1. The van der Waals surface area contributed by atoms with Gasteiger partial charge in [-0.2, -0.15) is 0 Å². The van der Waals surface area contributed by atoms with Gasteiger partial charge in [-0.1, -0.05) is 0 Å². The lowest BCUT2D eigenvalue weighted by Crippen LogP contribution is -1.92. The summed E-state index contributed by atoms with van der Waals surface area (Å²) in [7, 11) is 0. The Labute approximate surface area is 98.0 Å². The van der Waals surface area contributed by atoms with Crippen LogP contribution in [0.2, 0.25) is 0 Å². The molecule has 0 radical (unpaired) electrons. The molecular formula is C12H12N2O3. The molecule has 0 aliphatic carbocycles. The molecule has 0 saturated heterocycles. The molecule has 0 spiro atoms. The lowest BCUT2D eigenvalue weighted by Gasteiger charge is -1.99. The van der Waals surface area contributed by atoms with Crippen LogP contribution in [0.25, 0.3) is 11.4 Å². The summed E-state index contributed by atoms with van der Waals surface area (Å²) in [5.41, 5.74) is 2.45. The lowest BCUT2D eigenvalue weighted by molar-refractivity contribution is 0.174. The van der Waals surface area contributed by atoms with Crippen LogP contribution < -0.4 is 9.47 Å². The number of aryl methyl sites for hydroxylation is 1. The maximum atomic E-state index is 9.11. The van der Waals surface area contributed by atoms with Gasteiger partial charge in [0.05, 0.1) is 12.3 Å². The molecule has 0 fully saturated rings. The molecule has 5 nitrogen and oxygen atoms in total. The molecular weight excluding hydrogens is 220 g/mol. The van der Waals surface area contributed by atoms with E-state index in [1.54, 1.807) is 0 Å². The van der Waals surface area contributed by atoms with Gasteiger partial charge < -0.3 is 19.6 Å². The molecule has 0 bridgehead atoms. The maximum absolute atomic E-state index is 9.11. The number of nitrogens with one attached hydrogen (secondary N) is 1. The summed E-state index contributed by atoms with van der Waals surface area (Å²) >= 11 is 0. The van der Waals surface area contributed by atoms with Crippen molar-refractivity contribution >= 4 is 0 Å². The Kier molecular flexibility index (Phi) is 2.26. The van der Waals surface area contributed by atoms with Crippen LogP contribution in [0.3, 0.4) is 0 Å². The Bertz CT molecular complexity index is 563. The maximum Gasteiger partial charge on any atom is 0.231 e. The van der Waals surface area contributed by atoms with E-state index < -0.39 is 0 Å². The van der Waals surface area contributed by atoms with Crippen LogP contribution in [0.5, 0.6) is 11.5 Å². The Morgan fingerprint density at radius 3 is 2.94 bits per heavy atom. The molecule has 3 rings (SSSR count). The van der Waals surface area contributed by atoms with E-state index in [0.717, 1.165) is 28.6 Å². The number of aromatic amines is 1. The van der Waals surface area contributed by atoms with Crippen LogP contribution >= 0.6 is 0 Å². The number of hydrogen-bond acceptors (Lipinski definition) is 4. The quantitative estimate of drug-likeness (QED) is 0.825. The minimum atomic E-state index is -0.0626. The predicted octanol–water partition coefficient (Wildman–Crippen LogP) is 1.61. The summed E-state index contributed by atoms with van der Waals surface area (Å²) in [5.74, 6) is 2.20. The molecule has 5 heteroatoms. The number of aromatic nitrogens is 2. The Balaban J connectivity index is 2.03. The van der Waals surface area contributed by atoms with Crippen LogP contribution in [0.4, 0.5) is 0 Å². The highest BCUT2D eigenvalue weighted by atomic mass is 16.7. The summed E-state index contributed by atoms with van der Waals surface area (Å²) in [6, 6.07) is 5.64. The topological polar surface area (TPSA) is 67.4 Å². The van der Waals surface area contributed by atoms with Gasteiger partial charge >= 0.3 is 0 Å². The van der Waals surface area contributed by atoms with Gasteiger partial charge in [-0.25, -0.2) is 4.98 Å². The summed E-state index contributed by atoms with van der Waals surface area (Å²) in [6.07, 6.45) is 0. The molecule has 2 aromatic rings. The van der Waals surface area contributed by atoms with Crippen molar-refractivity contribution in [1.29, 1.82) is 0 Å². The molecule has 2 N–H and O–H groups in total. The number of aliphatic hydroxyl groups is 1. The fourth-order valence-electron chi connectivity index (χ4n) is 1.83. The molecule has 1 aliphatic rings. The Hall–Kier alpha value is -2.01. The molecule has 0 saturated carbocycles. The van der Waals surface area contributed by atoms with E-state index in [1.807, 2.05) is 25.1 Å². The largest absolute Gasteiger partial charge is 0.454 e. The SMILES string of the molecule is Cc1[nH]c(-c2ccc3c(c2)OCO3)nc1CO. The first-order valence-electron chi connectivity index (χ1n) is 5.34. The van der Waals surface area contributed by atoms with Gasteiger partial charge in [0.15, 0.2) is 11.5 Å². The summed E-state index contributed by atoms with van der Waals surface area (Å²) < 4.78 is 10.6. The average Bonchev–Trinajstić information content (AvgIpc) is 2.93. The van der Waals surface area contributed by atoms with Crippen LogP contribution in [-0.4, -0.2) is 21.9 Å². The minimum Gasteiger partial charge on any atom is -0.454 e. The second-order valence-electron chi connectivity index (χ2n) is 3.88. The van der Waals surface area contributed by atoms with Gasteiger partial charge in [0.2, 0.25) is 6.79 Å². The van der Waals surface area contributed by atoms with E-state index in [-0.39, 0.29) is 13.4 Å². The number of ether oxygens (including phenoxy) is 2. The smallest absolute Gasteiger partial charge is 0.231 e. The van der Waals surface area contributed by atoms with Crippen molar-refractivity contribution in [3.8, 4) is 22.9 Å². The molecule has 0 atom stereocenters. The van der Waals surface area contributed by atoms with E-state index in [1.165, 1.54) is 0 Å². The zero-order chi connectivity index (χ0) is 11.8. The van der Waals surface area contributed by atoms with Gasteiger partial charge in [-0.3, -0.25) is 0 Å². The van der Waals surface area contributed by atoms with Crippen LogP contribution in [-0.2, 0) is 6.61 Å². The highest BCUT2D eigenvalue weighted by Gasteiger charge is 2.15. The zero-order valence-corrected chi connectivity index (χ0v) is 9.36. The van der Waals surface area contributed by atoms with Crippen LogP contribution in [0, 0.1) is 6.92 Å². The van der Waals surface area contributed by atoms with Crippen molar-refractivity contribution < 1.29 is 14.6 Å². The first-order chi connectivity index (χ1) is 8.28. The average molecular weight is 232 g/mol. The van der Waals surface area contributed by atoms with Crippen molar-refractivity contribution in [3.05, 3.63) is 29.6 Å². The predicted molar refractivity (Wildman–Crippen MR) is 60.8 cm³/mol. The molecule has 88 valence electrons. The summed E-state index contributed by atoms with van der Waals surface area (Å²) in [5, 5.41) is 9.11.